The number of sulfonamides is 1. The fraction of sp³-hybridized carbons (Fsp3) is 0.278. The minimum Gasteiger partial charge on any atom is -0.494 e. The summed E-state index contributed by atoms with van der Waals surface area (Å²) in [6.45, 7) is 5.47. The molecule has 4 aromatic rings. The first-order chi connectivity index (χ1) is 22.1. The average molecular weight is 646 g/mol. The van der Waals surface area contributed by atoms with E-state index in [0.29, 0.717) is 24.3 Å². The lowest BCUT2D eigenvalue weighted by molar-refractivity contribution is -0.140. The molecular weight excluding hydrogens is 605 g/mol. The molecule has 0 aliphatic rings. The number of ether oxygens (including phenoxy) is 1. The molecule has 0 heterocycles. The molecule has 0 aliphatic heterocycles. The van der Waals surface area contributed by atoms with Crippen LogP contribution in [0.15, 0.2) is 114 Å². The number of amides is 2. The second-order valence-corrected chi connectivity index (χ2v) is 12.8. The molecule has 0 fully saturated rings. The summed E-state index contributed by atoms with van der Waals surface area (Å²) in [5, 5.41) is 3.00. The van der Waals surface area contributed by atoms with E-state index in [1.807, 2.05) is 51.1 Å². The average Bonchev–Trinajstić information content (AvgIpc) is 3.07. The third-order valence-electron chi connectivity index (χ3n) is 7.58. The molecule has 10 heteroatoms. The molecule has 0 radical (unpaired) electrons. The Kier molecular flexibility index (Phi) is 11.9. The molecule has 0 saturated carbocycles. The third-order valence-corrected chi connectivity index (χ3v) is 9.37. The van der Waals surface area contributed by atoms with Crippen molar-refractivity contribution < 1.29 is 27.1 Å². The zero-order valence-electron chi connectivity index (χ0n) is 26.3. The summed E-state index contributed by atoms with van der Waals surface area (Å²) < 4.78 is 48.6. The predicted molar refractivity (Wildman–Crippen MR) is 177 cm³/mol. The van der Waals surface area contributed by atoms with Gasteiger partial charge < -0.3 is 15.0 Å². The Morgan fingerprint density at radius 2 is 1.43 bits per heavy atom. The van der Waals surface area contributed by atoms with E-state index in [0.717, 1.165) is 9.87 Å². The summed E-state index contributed by atoms with van der Waals surface area (Å²) in [6.07, 6.45) is 0.862. The van der Waals surface area contributed by atoms with Crippen LogP contribution in [0.5, 0.6) is 5.75 Å². The van der Waals surface area contributed by atoms with Crippen molar-refractivity contribution in [2.45, 2.75) is 57.1 Å². The van der Waals surface area contributed by atoms with Crippen LogP contribution in [-0.2, 0) is 32.6 Å². The summed E-state index contributed by atoms with van der Waals surface area (Å²) >= 11 is 0. The van der Waals surface area contributed by atoms with Gasteiger partial charge in [-0.1, -0.05) is 67.6 Å². The van der Waals surface area contributed by atoms with Crippen LogP contribution in [0.3, 0.4) is 0 Å². The van der Waals surface area contributed by atoms with Gasteiger partial charge in [0.2, 0.25) is 11.8 Å². The molecule has 242 valence electrons. The number of hydrogen-bond donors (Lipinski definition) is 1. The van der Waals surface area contributed by atoms with Crippen molar-refractivity contribution in [2.75, 3.05) is 17.5 Å². The van der Waals surface area contributed by atoms with Crippen LogP contribution >= 0.6 is 0 Å². The Morgan fingerprint density at radius 3 is 2.02 bits per heavy atom. The highest BCUT2D eigenvalue weighted by Crippen LogP contribution is 2.27. The van der Waals surface area contributed by atoms with E-state index in [-0.39, 0.29) is 35.5 Å². The number of nitrogens with one attached hydrogen (secondary N) is 1. The number of halogens is 1. The maximum atomic E-state index is 14.5. The van der Waals surface area contributed by atoms with Gasteiger partial charge >= 0.3 is 0 Å². The van der Waals surface area contributed by atoms with Gasteiger partial charge in [0, 0.05) is 19.0 Å². The molecule has 46 heavy (non-hydrogen) atoms. The number of carbonyl (C=O) groups excluding carboxylic acids is 2. The van der Waals surface area contributed by atoms with Crippen LogP contribution in [0.4, 0.5) is 10.1 Å². The second kappa shape index (κ2) is 16.0. The van der Waals surface area contributed by atoms with Crippen molar-refractivity contribution in [1.82, 2.24) is 10.2 Å². The molecule has 0 saturated heterocycles. The number of benzene rings is 4. The topological polar surface area (TPSA) is 96.0 Å². The maximum absolute atomic E-state index is 14.5. The van der Waals surface area contributed by atoms with Gasteiger partial charge in [0.15, 0.2) is 0 Å². The Hall–Kier alpha value is -4.70. The lowest BCUT2D eigenvalue weighted by Gasteiger charge is -2.34. The molecule has 8 nitrogen and oxygen atoms in total. The van der Waals surface area contributed by atoms with Crippen LogP contribution in [0.25, 0.3) is 0 Å². The Bertz CT molecular complexity index is 1670. The first-order valence-corrected chi connectivity index (χ1v) is 16.7. The molecule has 0 aliphatic carbocycles. The predicted octanol–water partition coefficient (Wildman–Crippen LogP) is 5.97. The summed E-state index contributed by atoms with van der Waals surface area (Å²) in [7, 11) is -4.22. The molecular formula is C36H40FN3O5S. The van der Waals surface area contributed by atoms with Crippen molar-refractivity contribution in [3.8, 4) is 5.75 Å². The highest BCUT2D eigenvalue weighted by molar-refractivity contribution is 7.92. The van der Waals surface area contributed by atoms with Gasteiger partial charge in [-0.15, -0.1) is 0 Å². The highest BCUT2D eigenvalue weighted by Gasteiger charge is 2.35. The third kappa shape index (κ3) is 8.94. The van der Waals surface area contributed by atoms with Gasteiger partial charge in [-0.25, -0.2) is 12.8 Å². The summed E-state index contributed by atoms with van der Waals surface area (Å²) in [4.78, 5) is 29.7. The van der Waals surface area contributed by atoms with E-state index in [2.05, 4.69) is 5.32 Å². The summed E-state index contributed by atoms with van der Waals surface area (Å²) in [5.41, 5.74) is 1.66. The molecule has 4 aromatic carbocycles. The molecule has 1 N–H and O–H groups in total. The van der Waals surface area contributed by atoms with Gasteiger partial charge in [0.05, 0.1) is 17.2 Å². The zero-order chi connectivity index (χ0) is 33.1. The lowest BCUT2D eigenvalue weighted by Crippen LogP contribution is -2.54. The number of hydrogen-bond acceptors (Lipinski definition) is 5. The van der Waals surface area contributed by atoms with Crippen molar-refractivity contribution in [3.63, 3.8) is 0 Å². The van der Waals surface area contributed by atoms with Crippen LogP contribution < -0.4 is 14.4 Å². The SMILES string of the molecule is CCOc1ccc(N(CC(=O)N(Cc2ccc(F)cc2)C(Cc2ccccc2)C(=O)NC(C)CC)S(=O)(=O)c2ccccc2)cc1. The first kappa shape index (κ1) is 34.2. The van der Waals surface area contributed by atoms with Crippen LogP contribution in [0.2, 0.25) is 0 Å². The van der Waals surface area contributed by atoms with Crippen LogP contribution in [0, 0.1) is 5.82 Å². The molecule has 2 unspecified atom stereocenters. The zero-order valence-corrected chi connectivity index (χ0v) is 27.1. The van der Waals surface area contributed by atoms with E-state index in [4.69, 9.17) is 4.74 Å². The standard InChI is InChI=1S/C36H40FN3O5S/c1-4-27(3)38-36(42)34(24-28-12-8-6-9-13-28)39(25-29-16-18-30(37)19-17-29)35(41)26-40(31-20-22-32(23-21-31)45-5-2)46(43,44)33-14-10-7-11-15-33/h6-23,27,34H,4-5,24-26H2,1-3H3,(H,38,42). The Balaban J connectivity index is 1.79. The Morgan fingerprint density at radius 1 is 0.826 bits per heavy atom. The van der Waals surface area contributed by atoms with Gasteiger partial charge in [-0.2, -0.15) is 0 Å². The van der Waals surface area contributed by atoms with E-state index >= 15 is 0 Å². The minimum absolute atomic E-state index is 0.0112. The largest absolute Gasteiger partial charge is 0.494 e. The highest BCUT2D eigenvalue weighted by atomic mass is 32.2. The van der Waals surface area contributed by atoms with Gasteiger partial charge in [0.25, 0.3) is 10.0 Å². The van der Waals surface area contributed by atoms with E-state index in [1.54, 1.807) is 54.6 Å². The molecule has 0 aromatic heterocycles. The van der Waals surface area contributed by atoms with E-state index in [9.17, 15) is 22.4 Å². The second-order valence-electron chi connectivity index (χ2n) is 10.9. The number of anilines is 1. The maximum Gasteiger partial charge on any atom is 0.264 e. The fourth-order valence-corrected chi connectivity index (χ4v) is 6.34. The summed E-state index contributed by atoms with van der Waals surface area (Å²) in [5.74, 6) is -0.852. The van der Waals surface area contributed by atoms with Crippen molar-refractivity contribution in [1.29, 1.82) is 0 Å². The normalized spacial score (nSPS) is 12.5. The summed E-state index contributed by atoms with van der Waals surface area (Å²) in [6, 6.07) is 28.2. The van der Waals surface area contributed by atoms with Crippen LogP contribution in [0.1, 0.15) is 38.3 Å². The van der Waals surface area contributed by atoms with Gasteiger partial charge in [0.1, 0.15) is 24.2 Å². The van der Waals surface area contributed by atoms with E-state index < -0.39 is 34.3 Å². The molecule has 0 spiro atoms. The minimum atomic E-state index is -4.22. The van der Waals surface area contributed by atoms with Gasteiger partial charge in [-0.3, -0.25) is 13.9 Å². The van der Waals surface area contributed by atoms with Crippen molar-refractivity contribution in [2.24, 2.45) is 0 Å². The number of nitrogens with zero attached hydrogens (tertiary/aromatic N) is 2. The molecule has 2 amide bonds. The first-order valence-electron chi connectivity index (χ1n) is 15.3. The number of carbonyl (C=O) groups is 2. The van der Waals surface area contributed by atoms with Gasteiger partial charge in [-0.05, 0) is 79.9 Å². The van der Waals surface area contributed by atoms with Crippen molar-refractivity contribution in [3.05, 3.63) is 126 Å². The smallest absolute Gasteiger partial charge is 0.264 e. The van der Waals surface area contributed by atoms with Crippen molar-refractivity contribution >= 4 is 27.5 Å². The Labute approximate surface area is 270 Å². The quantitative estimate of drug-likeness (QED) is 0.172. The fourth-order valence-electron chi connectivity index (χ4n) is 4.91. The van der Waals surface area contributed by atoms with Crippen LogP contribution in [-0.4, -0.2) is 50.4 Å². The lowest BCUT2D eigenvalue weighted by atomic mass is 10.0. The molecule has 2 atom stereocenters. The van der Waals surface area contributed by atoms with E-state index in [1.165, 1.54) is 29.2 Å². The number of rotatable bonds is 15. The molecule has 0 bridgehead atoms. The monoisotopic (exact) mass is 645 g/mol. The molecule has 4 rings (SSSR count).